The highest BCUT2D eigenvalue weighted by Gasteiger charge is 2.39. The number of halogens is 3. The number of hydrogen-bond acceptors (Lipinski definition) is 3. The molecule has 0 unspecified atom stereocenters. The van der Waals surface area contributed by atoms with E-state index in [4.69, 9.17) is 11.0 Å². The van der Waals surface area contributed by atoms with E-state index in [1.165, 1.54) is 6.07 Å². The number of hydrogen-bond donors (Lipinski definition) is 2. The Morgan fingerprint density at radius 2 is 2.06 bits per heavy atom. The Kier molecular flexibility index (Phi) is 3.40. The van der Waals surface area contributed by atoms with Gasteiger partial charge in [0.25, 0.3) is 0 Å². The first-order valence-electron chi connectivity index (χ1n) is 4.37. The lowest BCUT2D eigenvalue weighted by atomic mass is 10.0. The van der Waals surface area contributed by atoms with Crippen molar-refractivity contribution in [1.29, 1.82) is 5.26 Å². The first-order valence-corrected chi connectivity index (χ1v) is 4.37. The van der Waals surface area contributed by atoms with Crippen molar-refractivity contribution in [2.45, 2.75) is 18.6 Å². The van der Waals surface area contributed by atoms with Crippen LogP contribution >= 0.6 is 0 Å². The van der Waals surface area contributed by atoms with Crippen molar-refractivity contribution in [2.75, 3.05) is 0 Å². The summed E-state index contributed by atoms with van der Waals surface area (Å²) in [4.78, 5) is 0. The average Bonchev–Trinajstić information content (AvgIpc) is 2.19. The molecular weight excluding hydrogens is 221 g/mol. The summed E-state index contributed by atoms with van der Waals surface area (Å²) >= 11 is 0. The predicted molar refractivity (Wildman–Crippen MR) is 50.4 cm³/mol. The van der Waals surface area contributed by atoms with Crippen LogP contribution in [0.5, 0.6) is 5.75 Å². The molecule has 0 heterocycles. The van der Waals surface area contributed by atoms with Gasteiger partial charge in [-0.1, -0.05) is 6.07 Å². The molecule has 3 N–H and O–H groups in total. The van der Waals surface area contributed by atoms with Crippen LogP contribution in [0, 0.1) is 11.3 Å². The van der Waals surface area contributed by atoms with Gasteiger partial charge in [-0.15, -0.1) is 0 Å². The summed E-state index contributed by atoms with van der Waals surface area (Å²) < 4.78 is 37.0. The largest absolute Gasteiger partial charge is 0.508 e. The standard InChI is InChI=1S/C10H9F3N2O/c11-10(12,13)9(15)7-5-6(3-4-14)1-2-8(7)16/h1-2,5,9,16H,3,15H2/t9-/m1/s1. The zero-order chi connectivity index (χ0) is 12.3. The quantitative estimate of drug-likeness (QED) is 0.816. The molecule has 86 valence electrons. The molecule has 0 spiro atoms. The molecule has 6 heteroatoms. The molecule has 1 atom stereocenters. The summed E-state index contributed by atoms with van der Waals surface area (Å²) in [5, 5.41) is 17.7. The van der Waals surface area contributed by atoms with Crippen LogP contribution in [0.15, 0.2) is 18.2 Å². The molecule has 0 amide bonds. The van der Waals surface area contributed by atoms with E-state index in [9.17, 15) is 18.3 Å². The Hall–Kier alpha value is -1.74. The summed E-state index contributed by atoms with van der Waals surface area (Å²) in [6.45, 7) is 0. The lowest BCUT2D eigenvalue weighted by Crippen LogP contribution is -2.28. The molecule has 0 aliphatic rings. The number of phenols is 1. The van der Waals surface area contributed by atoms with Crippen molar-refractivity contribution in [3.05, 3.63) is 29.3 Å². The normalized spacial score (nSPS) is 13.2. The molecular formula is C10H9F3N2O. The van der Waals surface area contributed by atoms with Crippen LogP contribution in [-0.4, -0.2) is 11.3 Å². The van der Waals surface area contributed by atoms with Gasteiger partial charge in [0.2, 0.25) is 0 Å². The summed E-state index contributed by atoms with van der Waals surface area (Å²) in [7, 11) is 0. The topological polar surface area (TPSA) is 70.0 Å². The minimum absolute atomic E-state index is 0.0299. The number of nitriles is 1. The Balaban J connectivity index is 3.13. The van der Waals surface area contributed by atoms with Crippen LogP contribution in [-0.2, 0) is 6.42 Å². The first kappa shape index (κ1) is 12.3. The van der Waals surface area contributed by atoms with Crippen LogP contribution in [0.1, 0.15) is 17.2 Å². The van der Waals surface area contributed by atoms with Crippen molar-refractivity contribution in [2.24, 2.45) is 5.73 Å². The van der Waals surface area contributed by atoms with Gasteiger partial charge in [0, 0.05) is 5.56 Å². The molecule has 1 aromatic rings. The maximum Gasteiger partial charge on any atom is 0.407 e. The molecule has 0 bridgehead atoms. The van der Waals surface area contributed by atoms with E-state index in [1.807, 2.05) is 0 Å². The highest BCUT2D eigenvalue weighted by Crippen LogP contribution is 2.35. The maximum absolute atomic E-state index is 12.3. The number of rotatable bonds is 2. The highest BCUT2D eigenvalue weighted by molar-refractivity contribution is 5.39. The zero-order valence-electron chi connectivity index (χ0n) is 8.12. The number of alkyl halides is 3. The molecule has 0 aromatic heterocycles. The molecule has 1 rings (SSSR count). The SMILES string of the molecule is N#CCc1ccc(O)c([C@@H](N)C(F)(F)F)c1. The molecule has 0 radical (unpaired) electrons. The molecule has 3 nitrogen and oxygen atoms in total. The summed E-state index contributed by atoms with van der Waals surface area (Å²) in [5.74, 6) is -0.522. The molecule has 1 aromatic carbocycles. The van der Waals surface area contributed by atoms with Gasteiger partial charge in [0.05, 0.1) is 12.5 Å². The number of nitrogens with two attached hydrogens (primary N) is 1. The third kappa shape index (κ3) is 2.64. The smallest absolute Gasteiger partial charge is 0.407 e. The van der Waals surface area contributed by atoms with E-state index in [0.29, 0.717) is 5.56 Å². The van der Waals surface area contributed by atoms with Crippen LogP contribution in [0.3, 0.4) is 0 Å². The summed E-state index contributed by atoms with van der Waals surface area (Å²) in [6.07, 6.45) is -4.65. The lowest BCUT2D eigenvalue weighted by Gasteiger charge is -2.17. The van der Waals surface area contributed by atoms with Gasteiger partial charge >= 0.3 is 6.18 Å². The molecule has 0 aliphatic heterocycles. The van der Waals surface area contributed by atoms with Crippen LogP contribution in [0.4, 0.5) is 13.2 Å². The summed E-state index contributed by atoms with van der Waals surface area (Å²) in [6, 6.07) is 3.14. The molecule has 0 fully saturated rings. The maximum atomic E-state index is 12.3. The van der Waals surface area contributed by atoms with Crippen molar-refractivity contribution in [3.8, 4) is 11.8 Å². The number of aromatic hydroxyl groups is 1. The molecule has 0 saturated heterocycles. The van der Waals surface area contributed by atoms with Crippen LogP contribution in [0.2, 0.25) is 0 Å². The second-order valence-electron chi connectivity index (χ2n) is 3.25. The Bertz CT molecular complexity index is 423. The van der Waals surface area contributed by atoms with Gasteiger partial charge in [0.1, 0.15) is 11.8 Å². The fourth-order valence-electron chi connectivity index (χ4n) is 1.23. The minimum Gasteiger partial charge on any atom is -0.508 e. The molecule has 0 saturated carbocycles. The number of nitrogens with zero attached hydrogens (tertiary/aromatic N) is 1. The third-order valence-electron chi connectivity index (χ3n) is 2.06. The van der Waals surface area contributed by atoms with Crippen molar-refractivity contribution in [1.82, 2.24) is 0 Å². The Morgan fingerprint density at radius 1 is 1.44 bits per heavy atom. The molecule has 16 heavy (non-hydrogen) atoms. The van der Waals surface area contributed by atoms with E-state index in [2.05, 4.69) is 0 Å². The van der Waals surface area contributed by atoms with Gasteiger partial charge in [-0.3, -0.25) is 0 Å². The fourth-order valence-corrected chi connectivity index (χ4v) is 1.23. The second kappa shape index (κ2) is 4.41. The zero-order valence-corrected chi connectivity index (χ0v) is 8.12. The van der Waals surface area contributed by atoms with Crippen molar-refractivity contribution >= 4 is 0 Å². The predicted octanol–water partition coefficient (Wildman–Crippen LogP) is 2.02. The lowest BCUT2D eigenvalue weighted by molar-refractivity contribution is -0.149. The summed E-state index contributed by atoms with van der Waals surface area (Å²) in [5.41, 5.74) is 4.94. The third-order valence-corrected chi connectivity index (χ3v) is 2.06. The highest BCUT2D eigenvalue weighted by atomic mass is 19.4. The minimum atomic E-state index is -4.62. The van der Waals surface area contributed by atoms with E-state index < -0.39 is 23.5 Å². The van der Waals surface area contributed by atoms with E-state index in [0.717, 1.165) is 12.1 Å². The van der Waals surface area contributed by atoms with Gasteiger partial charge in [-0.05, 0) is 17.7 Å². The van der Waals surface area contributed by atoms with Gasteiger partial charge in [-0.2, -0.15) is 18.4 Å². The average molecular weight is 230 g/mol. The van der Waals surface area contributed by atoms with Gasteiger partial charge in [0.15, 0.2) is 0 Å². The second-order valence-corrected chi connectivity index (χ2v) is 3.25. The van der Waals surface area contributed by atoms with Crippen molar-refractivity contribution < 1.29 is 18.3 Å². The van der Waals surface area contributed by atoms with Gasteiger partial charge < -0.3 is 10.8 Å². The van der Waals surface area contributed by atoms with Crippen molar-refractivity contribution in [3.63, 3.8) is 0 Å². The Labute approximate surface area is 89.9 Å². The van der Waals surface area contributed by atoms with Gasteiger partial charge in [-0.25, -0.2) is 0 Å². The monoisotopic (exact) mass is 230 g/mol. The Morgan fingerprint density at radius 3 is 2.56 bits per heavy atom. The van der Waals surface area contributed by atoms with Crippen LogP contribution in [0.25, 0.3) is 0 Å². The van der Waals surface area contributed by atoms with Crippen LogP contribution < -0.4 is 5.73 Å². The van der Waals surface area contributed by atoms with E-state index in [1.54, 1.807) is 6.07 Å². The van der Waals surface area contributed by atoms with E-state index in [-0.39, 0.29) is 6.42 Å². The number of benzene rings is 1. The fraction of sp³-hybridized carbons (Fsp3) is 0.300. The first-order chi connectivity index (χ1) is 7.36. The van der Waals surface area contributed by atoms with E-state index >= 15 is 0 Å². The molecule has 0 aliphatic carbocycles. The number of phenolic OH excluding ortho intramolecular Hbond substituents is 1.